The van der Waals surface area contributed by atoms with Gasteiger partial charge in [0.15, 0.2) is 0 Å². The molecule has 0 aliphatic heterocycles. The average molecular weight is 287 g/mol. The van der Waals surface area contributed by atoms with Crippen LogP contribution >= 0.6 is 0 Å². The van der Waals surface area contributed by atoms with E-state index in [4.69, 9.17) is 5.73 Å². The van der Waals surface area contributed by atoms with E-state index in [0.717, 1.165) is 0 Å². The van der Waals surface area contributed by atoms with Gasteiger partial charge < -0.3 is 11.1 Å². The first-order valence-electron chi connectivity index (χ1n) is 6.08. The first-order chi connectivity index (χ1) is 9.97. The van der Waals surface area contributed by atoms with Crippen LogP contribution in [0.3, 0.4) is 0 Å². The number of hydrogen-bond donors (Lipinski definition) is 2. The number of nitrogens with zero attached hydrogens (tertiary/aromatic N) is 3. The molecule has 1 aromatic heterocycles. The number of nitrogen functional groups attached to an aromatic ring is 1. The zero-order valence-electron chi connectivity index (χ0n) is 11.2. The second-order valence-electron chi connectivity index (χ2n) is 4.31. The zero-order chi connectivity index (χ0) is 15.4. The molecule has 0 saturated carbocycles. The van der Waals surface area contributed by atoms with Crippen LogP contribution in [0.25, 0.3) is 0 Å². The topological polar surface area (TPSA) is 124 Å². The fraction of sp³-hybridized carbons (Fsp3) is 0.154. The van der Waals surface area contributed by atoms with Gasteiger partial charge in [-0.05, 0) is 25.1 Å². The van der Waals surface area contributed by atoms with Gasteiger partial charge in [-0.25, -0.2) is 9.97 Å². The molecule has 0 bridgehead atoms. The number of nitrogens with two attached hydrogens (primary N) is 1. The molecule has 0 radical (unpaired) electrons. The minimum Gasteiger partial charge on any atom is -0.393 e. The van der Waals surface area contributed by atoms with Crippen molar-refractivity contribution in [2.45, 2.75) is 13.5 Å². The van der Waals surface area contributed by atoms with E-state index in [1.807, 2.05) is 0 Å². The lowest BCUT2D eigenvalue weighted by Gasteiger charge is -2.06. The van der Waals surface area contributed by atoms with Gasteiger partial charge in [0.05, 0.1) is 17.2 Å². The lowest BCUT2D eigenvalue weighted by Crippen LogP contribution is -2.23. The summed E-state index contributed by atoms with van der Waals surface area (Å²) in [5.74, 6) is 0.231. The van der Waals surface area contributed by atoms with Crippen LogP contribution in [0, 0.1) is 17.0 Å². The third-order valence-electron chi connectivity index (χ3n) is 2.75. The van der Waals surface area contributed by atoms with Crippen LogP contribution in [-0.4, -0.2) is 20.8 Å². The second-order valence-corrected chi connectivity index (χ2v) is 4.31. The number of nitro groups is 1. The molecule has 0 atom stereocenters. The maximum Gasteiger partial charge on any atom is 0.292 e. The average Bonchev–Trinajstić information content (AvgIpc) is 2.44. The number of benzene rings is 1. The van der Waals surface area contributed by atoms with Gasteiger partial charge in [0.2, 0.25) is 0 Å². The second kappa shape index (κ2) is 5.95. The normalized spacial score (nSPS) is 10.1. The molecule has 8 nitrogen and oxygen atoms in total. The Morgan fingerprint density at radius 1 is 1.43 bits per heavy atom. The molecule has 0 fully saturated rings. The Kier molecular flexibility index (Phi) is 4.07. The largest absolute Gasteiger partial charge is 0.393 e. The fourth-order valence-corrected chi connectivity index (χ4v) is 1.74. The SMILES string of the molecule is Cc1nccc(CNC(=O)c2ccc([N+](=O)[O-])c(N)c2)n1. The predicted octanol–water partition coefficient (Wildman–Crippen LogP) is 1.21. The van der Waals surface area contributed by atoms with E-state index in [0.29, 0.717) is 11.5 Å². The van der Waals surface area contributed by atoms with Gasteiger partial charge >= 0.3 is 0 Å². The molecule has 3 N–H and O–H groups in total. The summed E-state index contributed by atoms with van der Waals surface area (Å²) in [5.41, 5.74) is 6.20. The molecule has 1 amide bonds. The van der Waals surface area contributed by atoms with Crippen molar-refractivity contribution >= 4 is 17.3 Å². The molecule has 1 aromatic carbocycles. The van der Waals surface area contributed by atoms with Gasteiger partial charge in [-0.15, -0.1) is 0 Å². The predicted molar refractivity (Wildman–Crippen MR) is 75.4 cm³/mol. The van der Waals surface area contributed by atoms with E-state index in [1.54, 1.807) is 19.2 Å². The van der Waals surface area contributed by atoms with E-state index < -0.39 is 4.92 Å². The van der Waals surface area contributed by atoms with Crippen LogP contribution in [0.1, 0.15) is 21.9 Å². The molecule has 21 heavy (non-hydrogen) atoms. The quantitative estimate of drug-likeness (QED) is 0.494. The molecule has 0 aliphatic carbocycles. The number of carbonyl (C=O) groups is 1. The summed E-state index contributed by atoms with van der Waals surface area (Å²) in [6.07, 6.45) is 1.60. The lowest BCUT2D eigenvalue weighted by molar-refractivity contribution is -0.383. The number of aromatic nitrogens is 2. The smallest absolute Gasteiger partial charge is 0.292 e. The molecule has 1 heterocycles. The Balaban J connectivity index is 2.07. The molecule has 0 saturated heterocycles. The summed E-state index contributed by atoms with van der Waals surface area (Å²) in [4.78, 5) is 30.1. The van der Waals surface area contributed by atoms with Gasteiger partial charge in [0.25, 0.3) is 11.6 Å². The third kappa shape index (κ3) is 3.50. The number of hydrogen-bond acceptors (Lipinski definition) is 6. The maximum absolute atomic E-state index is 12.0. The fourth-order valence-electron chi connectivity index (χ4n) is 1.74. The van der Waals surface area contributed by atoms with Crippen LogP contribution < -0.4 is 11.1 Å². The Morgan fingerprint density at radius 3 is 2.81 bits per heavy atom. The van der Waals surface area contributed by atoms with Crippen molar-refractivity contribution in [2.75, 3.05) is 5.73 Å². The van der Waals surface area contributed by atoms with E-state index in [1.165, 1.54) is 18.2 Å². The Labute approximate surface area is 120 Å². The molecule has 2 rings (SSSR count). The van der Waals surface area contributed by atoms with Crippen molar-refractivity contribution < 1.29 is 9.72 Å². The van der Waals surface area contributed by atoms with E-state index >= 15 is 0 Å². The van der Waals surface area contributed by atoms with Crippen LogP contribution in [0.15, 0.2) is 30.5 Å². The van der Waals surface area contributed by atoms with Crippen molar-refractivity contribution in [3.05, 3.63) is 57.7 Å². The first kappa shape index (κ1) is 14.4. The van der Waals surface area contributed by atoms with Crippen molar-refractivity contribution in [2.24, 2.45) is 0 Å². The third-order valence-corrected chi connectivity index (χ3v) is 2.75. The minimum atomic E-state index is -0.597. The van der Waals surface area contributed by atoms with Gasteiger partial charge in [0, 0.05) is 17.8 Å². The standard InChI is InChI=1S/C13H13N5O3/c1-8-15-5-4-10(17-8)7-16-13(19)9-2-3-12(18(20)21)11(14)6-9/h2-6H,7,14H2,1H3,(H,16,19). The van der Waals surface area contributed by atoms with E-state index in [9.17, 15) is 14.9 Å². The van der Waals surface area contributed by atoms with Crippen LogP contribution in [0.5, 0.6) is 0 Å². The number of carbonyl (C=O) groups excluding carboxylic acids is 1. The number of anilines is 1. The number of amides is 1. The van der Waals surface area contributed by atoms with Gasteiger partial charge in [0.1, 0.15) is 11.5 Å². The summed E-state index contributed by atoms with van der Waals surface area (Å²) in [5, 5.41) is 13.3. The molecule has 2 aromatic rings. The van der Waals surface area contributed by atoms with Crippen LogP contribution in [-0.2, 0) is 6.54 Å². The molecular weight excluding hydrogens is 274 g/mol. The number of nitro benzene ring substituents is 1. The summed E-state index contributed by atoms with van der Waals surface area (Å²) in [6, 6.07) is 5.53. The minimum absolute atomic E-state index is 0.0504. The van der Waals surface area contributed by atoms with Crippen LogP contribution in [0.4, 0.5) is 11.4 Å². The molecule has 108 valence electrons. The van der Waals surface area contributed by atoms with Crippen LogP contribution in [0.2, 0.25) is 0 Å². The molecular formula is C13H13N5O3. The first-order valence-corrected chi connectivity index (χ1v) is 6.08. The monoisotopic (exact) mass is 287 g/mol. The highest BCUT2D eigenvalue weighted by Gasteiger charge is 2.14. The van der Waals surface area contributed by atoms with Gasteiger partial charge in [-0.1, -0.05) is 0 Å². The summed E-state index contributed by atoms with van der Waals surface area (Å²) < 4.78 is 0. The molecule has 0 spiro atoms. The van der Waals surface area contributed by atoms with E-state index in [2.05, 4.69) is 15.3 Å². The summed E-state index contributed by atoms with van der Waals surface area (Å²) in [6.45, 7) is 1.99. The highest BCUT2D eigenvalue weighted by molar-refractivity contribution is 5.95. The van der Waals surface area contributed by atoms with Crippen molar-refractivity contribution in [3.63, 3.8) is 0 Å². The molecule has 0 aliphatic rings. The Morgan fingerprint density at radius 2 is 2.19 bits per heavy atom. The lowest BCUT2D eigenvalue weighted by atomic mass is 10.1. The highest BCUT2D eigenvalue weighted by Crippen LogP contribution is 2.21. The van der Waals surface area contributed by atoms with Crippen molar-refractivity contribution in [1.29, 1.82) is 0 Å². The van der Waals surface area contributed by atoms with Crippen molar-refractivity contribution in [3.8, 4) is 0 Å². The van der Waals surface area contributed by atoms with Crippen molar-refractivity contribution in [1.82, 2.24) is 15.3 Å². The van der Waals surface area contributed by atoms with E-state index in [-0.39, 0.29) is 29.4 Å². The molecule has 0 unspecified atom stereocenters. The molecule has 8 heteroatoms. The number of rotatable bonds is 4. The Hall–Kier alpha value is -3.03. The van der Waals surface area contributed by atoms with Gasteiger partial charge in [-0.2, -0.15) is 0 Å². The van der Waals surface area contributed by atoms with Gasteiger partial charge in [-0.3, -0.25) is 14.9 Å². The number of aryl methyl sites for hydroxylation is 1. The summed E-state index contributed by atoms with van der Waals surface area (Å²) in [7, 11) is 0. The number of nitrogens with one attached hydrogen (secondary N) is 1. The maximum atomic E-state index is 12.0. The highest BCUT2D eigenvalue weighted by atomic mass is 16.6. The Bertz CT molecular complexity index is 702. The summed E-state index contributed by atoms with van der Waals surface area (Å²) >= 11 is 0. The zero-order valence-corrected chi connectivity index (χ0v) is 11.2.